The summed E-state index contributed by atoms with van der Waals surface area (Å²) in [5.41, 5.74) is 0.160. The molecule has 0 aliphatic rings. The second-order valence-corrected chi connectivity index (χ2v) is 7.72. The Morgan fingerprint density at radius 3 is 2.53 bits per heavy atom. The fourth-order valence-electron chi connectivity index (χ4n) is 2.80. The van der Waals surface area contributed by atoms with Gasteiger partial charge in [-0.15, -0.1) is 0 Å². The number of carboxylic acid groups (broad SMARTS) is 1. The molecule has 30 heavy (non-hydrogen) atoms. The summed E-state index contributed by atoms with van der Waals surface area (Å²) in [7, 11) is 0. The normalized spacial score (nSPS) is 10.9. The number of ether oxygens (including phenoxy) is 1. The van der Waals surface area contributed by atoms with E-state index in [1.807, 2.05) is 0 Å². The third-order valence-corrected chi connectivity index (χ3v) is 4.93. The molecule has 0 radical (unpaired) electrons. The summed E-state index contributed by atoms with van der Waals surface area (Å²) < 4.78 is 11.2. The van der Waals surface area contributed by atoms with E-state index in [1.165, 1.54) is 12.1 Å². The van der Waals surface area contributed by atoms with Crippen LogP contribution in [0.25, 0.3) is 11.0 Å². The second-order valence-electron chi connectivity index (χ2n) is 6.44. The summed E-state index contributed by atoms with van der Waals surface area (Å²) in [6.45, 7) is 0.148. The van der Waals surface area contributed by atoms with Crippen LogP contribution in [0.2, 0.25) is 15.1 Å². The summed E-state index contributed by atoms with van der Waals surface area (Å²) in [6.07, 6.45) is 0.142. The summed E-state index contributed by atoms with van der Waals surface area (Å²) in [4.78, 5) is 35.8. The first-order chi connectivity index (χ1) is 14.2. The molecule has 6 nitrogen and oxygen atoms in total. The molecule has 0 saturated carbocycles. The second kappa shape index (κ2) is 9.51. The van der Waals surface area contributed by atoms with Crippen molar-refractivity contribution >= 4 is 57.5 Å². The molecule has 0 amide bonds. The molecule has 156 valence electrons. The van der Waals surface area contributed by atoms with Gasteiger partial charge < -0.3 is 14.3 Å². The lowest BCUT2D eigenvalue weighted by atomic mass is 10.1. The maximum atomic E-state index is 12.8. The Labute approximate surface area is 185 Å². The van der Waals surface area contributed by atoms with Crippen LogP contribution in [0.5, 0.6) is 5.75 Å². The predicted molar refractivity (Wildman–Crippen MR) is 114 cm³/mol. The summed E-state index contributed by atoms with van der Waals surface area (Å²) in [5.74, 6) is -1.18. The molecule has 0 fully saturated rings. The molecule has 9 heteroatoms. The number of halogens is 3. The number of rotatable bonds is 8. The van der Waals surface area contributed by atoms with Gasteiger partial charge in [0.2, 0.25) is 5.78 Å². The summed E-state index contributed by atoms with van der Waals surface area (Å²) in [6, 6.07) is 8.71. The molecule has 0 saturated heterocycles. The van der Waals surface area contributed by atoms with E-state index in [0.29, 0.717) is 22.8 Å². The highest BCUT2D eigenvalue weighted by Crippen LogP contribution is 2.28. The maximum absolute atomic E-state index is 12.8. The third kappa shape index (κ3) is 5.33. The van der Waals surface area contributed by atoms with Crippen molar-refractivity contribution in [3.8, 4) is 5.75 Å². The van der Waals surface area contributed by atoms with Crippen LogP contribution in [0.15, 0.2) is 45.6 Å². The van der Waals surface area contributed by atoms with Crippen LogP contribution in [-0.2, 0) is 11.2 Å². The van der Waals surface area contributed by atoms with Crippen LogP contribution in [0, 0.1) is 0 Å². The molecule has 1 aromatic heterocycles. The first-order valence-electron chi connectivity index (χ1n) is 8.83. The van der Waals surface area contributed by atoms with Gasteiger partial charge in [0, 0.05) is 34.5 Å². The van der Waals surface area contributed by atoms with Crippen LogP contribution in [0.1, 0.15) is 29.0 Å². The molecule has 3 rings (SSSR count). The molecule has 0 bridgehead atoms. The van der Waals surface area contributed by atoms with Gasteiger partial charge in [-0.3, -0.25) is 14.4 Å². The SMILES string of the molecule is O=C(O)CCCOc1cc(Cl)ccc1CC(=O)c1cc(=O)c2cc(Cl)cc(Cl)c2o1. The van der Waals surface area contributed by atoms with Crippen LogP contribution in [0.3, 0.4) is 0 Å². The molecule has 2 aromatic carbocycles. The number of Topliss-reactive ketones (excluding diaryl/α,β-unsaturated/α-hetero) is 1. The molecule has 1 N–H and O–H groups in total. The zero-order valence-corrected chi connectivity index (χ0v) is 17.7. The number of carbonyl (C=O) groups is 2. The van der Waals surface area contributed by atoms with Gasteiger partial charge in [-0.2, -0.15) is 0 Å². The van der Waals surface area contributed by atoms with E-state index in [2.05, 4.69) is 0 Å². The van der Waals surface area contributed by atoms with E-state index >= 15 is 0 Å². The fraction of sp³-hybridized carbons (Fsp3) is 0.190. The van der Waals surface area contributed by atoms with Gasteiger partial charge in [-0.1, -0.05) is 40.9 Å². The van der Waals surface area contributed by atoms with E-state index in [9.17, 15) is 14.4 Å². The molecule has 0 unspecified atom stereocenters. The molecule has 0 spiro atoms. The highest BCUT2D eigenvalue weighted by Gasteiger charge is 2.17. The fourth-order valence-corrected chi connectivity index (χ4v) is 3.49. The zero-order chi connectivity index (χ0) is 21.8. The Kier molecular flexibility index (Phi) is 7.02. The monoisotopic (exact) mass is 468 g/mol. The van der Waals surface area contributed by atoms with Crippen molar-refractivity contribution in [3.05, 3.63) is 73.0 Å². The number of hydrogen-bond donors (Lipinski definition) is 1. The van der Waals surface area contributed by atoms with Crippen molar-refractivity contribution in [2.45, 2.75) is 19.3 Å². The largest absolute Gasteiger partial charge is 0.493 e. The minimum absolute atomic E-state index is 0.0398. The van der Waals surface area contributed by atoms with E-state index in [0.717, 1.165) is 6.07 Å². The van der Waals surface area contributed by atoms with Crippen LogP contribution in [-0.4, -0.2) is 23.5 Å². The van der Waals surface area contributed by atoms with Gasteiger partial charge in [0.15, 0.2) is 16.8 Å². The molecule has 0 aliphatic heterocycles. The molecule has 1 heterocycles. The number of ketones is 1. The molecular weight excluding hydrogens is 455 g/mol. The maximum Gasteiger partial charge on any atom is 0.303 e. The van der Waals surface area contributed by atoms with Crippen LogP contribution >= 0.6 is 34.8 Å². The standard InChI is InChI=1S/C21H15Cl3O6/c22-12-4-3-11(18(9-12)29-5-1-2-20(27)28)6-17(26)19-10-16(25)14-7-13(23)8-15(24)21(14)30-19/h3-4,7-10H,1-2,5-6H2,(H,27,28). The van der Waals surface area contributed by atoms with E-state index in [4.69, 9.17) is 49.1 Å². The predicted octanol–water partition coefficient (Wildman–Crippen LogP) is 5.42. The van der Waals surface area contributed by atoms with Crippen molar-refractivity contribution in [1.29, 1.82) is 0 Å². The molecular formula is C21H15Cl3O6. The first-order valence-corrected chi connectivity index (χ1v) is 9.97. The van der Waals surface area contributed by atoms with Gasteiger partial charge in [0.25, 0.3) is 0 Å². The van der Waals surface area contributed by atoms with Gasteiger partial charge >= 0.3 is 5.97 Å². The average molecular weight is 470 g/mol. The molecule has 0 aliphatic carbocycles. The Hall–Kier alpha value is -2.54. The van der Waals surface area contributed by atoms with Crippen molar-refractivity contribution < 1.29 is 23.8 Å². The highest BCUT2D eigenvalue weighted by atomic mass is 35.5. The highest BCUT2D eigenvalue weighted by molar-refractivity contribution is 6.38. The van der Waals surface area contributed by atoms with Crippen LogP contribution in [0.4, 0.5) is 0 Å². The van der Waals surface area contributed by atoms with Crippen molar-refractivity contribution in [2.24, 2.45) is 0 Å². The van der Waals surface area contributed by atoms with E-state index in [1.54, 1.807) is 18.2 Å². The minimum Gasteiger partial charge on any atom is -0.493 e. The Morgan fingerprint density at radius 1 is 1.03 bits per heavy atom. The number of fused-ring (bicyclic) bond motifs is 1. The van der Waals surface area contributed by atoms with Gasteiger partial charge in [0.1, 0.15) is 5.75 Å². The Morgan fingerprint density at radius 2 is 1.80 bits per heavy atom. The quantitative estimate of drug-likeness (QED) is 0.349. The lowest BCUT2D eigenvalue weighted by Gasteiger charge is -2.11. The lowest BCUT2D eigenvalue weighted by molar-refractivity contribution is -0.137. The molecule has 0 atom stereocenters. The summed E-state index contributed by atoms with van der Waals surface area (Å²) >= 11 is 18.0. The van der Waals surface area contributed by atoms with Crippen molar-refractivity contribution in [3.63, 3.8) is 0 Å². The van der Waals surface area contributed by atoms with Gasteiger partial charge in [0.05, 0.1) is 17.0 Å². The smallest absolute Gasteiger partial charge is 0.303 e. The Bertz CT molecular complexity index is 1190. The van der Waals surface area contributed by atoms with Gasteiger partial charge in [-0.25, -0.2) is 0 Å². The van der Waals surface area contributed by atoms with Crippen molar-refractivity contribution in [2.75, 3.05) is 6.61 Å². The van der Waals surface area contributed by atoms with E-state index < -0.39 is 17.2 Å². The van der Waals surface area contributed by atoms with Crippen LogP contribution < -0.4 is 10.2 Å². The van der Waals surface area contributed by atoms with Crippen molar-refractivity contribution in [1.82, 2.24) is 0 Å². The number of aliphatic carboxylic acids is 1. The molecule has 3 aromatic rings. The number of carbonyl (C=O) groups excluding carboxylic acids is 1. The third-order valence-electron chi connectivity index (χ3n) is 4.20. The summed E-state index contributed by atoms with van der Waals surface area (Å²) in [5, 5.41) is 9.70. The topological polar surface area (TPSA) is 93.8 Å². The van der Waals surface area contributed by atoms with Gasteiger partial charge in [-0.05, 0) is 30.7 Å². The number of benzene rings is 2. The lowest BCUT2D eigenvalue weighted by Crippen LogP contribution is -2.11. The zero-order valence-electron chi connectivity index (χ0n) is 15.4. The minimum atomic E-state index is -0.925. The number of carboxylic acids is 1. The number of hydrogen-bond acceptors (Lipinski definition) is 5. The Balaban J connectivity index is 1.85. The first kappa shape index (κ1) is 22.2. The van der Waals surface area contributed by atoms with E-state index in [-0.39, 0.29) is 46.2 Å². The average Bonchev–Trinajstić information content (AvgIpc) is 2.67.